The van der Waals surface area contributed by atoms with E-state index in [0.29, 0.717) is 28.7 Å². The first kappa shape index (κ1) is 18.7. The molecule has 1 aromatic rings. The van der Waals surface area contributed by atoms with E-state index in [0.717, 1.165) is 25.9 Å². The summed E-state index contributed by atoms with van der Waals surface area (Å²) >= 11 is 6.07. The Kier molecular flexibility index (Phi) is 7.65. The third kappa shape index (κ3) is 5.83. The van der Waals surface area contributed by atoms with Crippen LogP contribution in [0, 0.1) is 5.92 Å². The maximum atomic E-state index is 12.0. The fraction of sp³-hybridized carbons (Fsp3) is 0.467. The van der Waals surface area contributed by atoms with Crippen molar-refractivity contribution in [3.05, 3.63) is 23.2 Å². The molecule has 1 unspecified atom stereocenters. The molecule has 3 N–H and O–H groups in total. The Morgan fingerprint density at radius 3 is 2.77 bits per heavy atom. The molecule has 1 heterocycles. The smallest absolute Gasteiger partial charge is 0.224 e. The molecule has 1 saturated heterocycles. The van der Waals surface area contributed by atoms with Crippen LogP contribution >= 0.6 is 24.0 Å². The summed E-state index contributed by atoms with van der Waals surface area (Å²) in [6.07, 6.45) is 2.49. The second kappa shape index (κ2) is 8.98. The number of hydrogen-bond acceptors (Lipinski definition) is 3. The van der Waals surface area contributed by atoms with Crippen molar-refractivity contribution < 1.29 is 9.59 Å². The van der Waals surface area contributed by atoms with Crippen LogP contribution in [0.4, 0.5) is 11.4 Å². The number of carbonyl (C=O) groups excluding carboxylic acids is 2. The summed E-state index contributed by atoms with van der Waals surface area (Å²) in [6.45, 7) is 3.46. The van der Waals surface area contributed by atoms with Crippen molar-refractivity contribution >= 4 is 47.2 Å². The molecule has 22 heavy (non-hydrogen) atoms. The molecule has 0 spiro atoms. The highest BCUT2D eigenvalue weighted by Crippen LogP contribution is 2.26. The van der Waals surface area contributed by atoms with Gasteiger partial charge in [0.05, 0.1) is 10.7 Å². The Morgan fingerprint density at radius 2 is 2.14 bits per heavy atom. The molecule has 122 valence electrons. The summed E-state index contributed by atoms with van der Waals surface area (Å²) in [5.41, 5.74) is 1.14. The van der Waals surface area contributed by atoms with Crippen molar-refractivity contribution in [1.29, 1.82) is 0 Å². The fourth-order valence-electron chi connectivity index (χ4n) is 2.41. The largest absolute Gasteiger partial charge is 0.326 e. The number of halogens is 2. The van der Waals surface area contributed by atoms with Crippen molar-refractivity contribution in [3.63, 3.8) is 0 Å². The van der Waals surface area contributed by atoms with Crippen molar-refractivity contribution in [2.75, 3.05) is 23.7 Å². The topological polar surface area (TPSA) is 70.2 Å². The zero-order valence-electron chi connectivity index (χ0n) is 12.4. The van der Waals surface area contributed by atoms with E-state index in [1.165, 1.54) is 6.92 Å². The second-order valence-electron chi connectivity index (χ2n) is 5.32. The summed E-state index contributed by atoms with van der Waals surface area (Å²) < 4.78 is 0. The Bertz CT molecular complexity index is 532. The third-order valence-electron chi connectivity index (χ3n) is 3.50. The molecule has 0 saturated carbocycles. The van der Waals surface area contributed by atoms with E-state index in [2.05, 4.69) is 16.0 Å². The van der Waals surface area contributed by atoms with Gasteiger partial charge in [-0.2, -0.15) is 0 Å². The van der Waals surface area contributed by atoms with Crippen molar-refractivity contribution in [2.24, 2.45) is 5.92 Å². The van der Waals surface area contributed by atoms with Crippen LogP contribution in [0.5, 0.6) is 0 Å². The lowest BCUT2D eigenvalue weighted by atomic mass is 10.0. The second-order valence-corrected chi connectivity index (χ2v) is 5.73. The average molecular weight is 346 g/mol. The zero-order chi connectivity index (χ0) is 15.2. The van der Waals surface area contributed by atoms with Crippen molar-refractivity contribution in [3.8, 4) is 0 Å². The zero-order valence-corrected chi connectivity index (χ0v) is 14.0. The van der Waals surface area contributed by atoms with Gasteiger partial charge in [0, 0.05) is 19.0 Å². The highest BCUT2D eigenvalue weighted by molar-refractivity contribution is 6.33. The van der Waals surface area contributed by atoms with Crippen LogP contribution in [-0.2, 0) is 9.59 Å². The number of hydrogen-bond donors (Lipinski definition) is 3. The van der Waals surface area contributed by atoms with Crippen molar-refractivity contribution in [1.82, 2.24) is 5.32 Å². The molecule has 7 heteroatoms. The predicted octanol–water partition coefficient (Wildman–Crippen LogP) is 3.05. The Morgan fingerprint density at radius 1 is 1.36 bits per heavy atom. The first-order valence-corrected chi connectivity index (χ1v) is 7.50. The predicted molar refractivity (Wildman–Crippen MR) is 91.8 cm³/mol. The van der Waals surface area contributed by atoms with Gasteiger partial charge in [-0.25, -0.2) is 0 Å². The number of amides is 2. The molecule has 0 aromatic heterocycles. The van der Waals surface area contributed by atoms with E-state index in [1.807, 2.05) is 0 Å². The van der Waals surface area contributed by atoms with Crippen LogP contribution in [0.25, 0.3) is 0 Å². The van der Waals surface area contributed by atoms with Gasteiger partial charge in [-0.05, 0) is 50.0 Å². The van der Waals surface area contributed by atoms with E-state index in [-0.39, 0.29) is 24.2 Å². The van der Waals surface area contributed by atoms with Gasteiger partial charge in [-0.15, -0.1) is 12.4 Å². The Balaban J connectivity index is 0.00000242. The van der Waals surface area contributed by atoms with Crippen LogP contribution in [0.1, 0.15) is 26.2 Å². The normalized spacial score (nSPS) is 16.7. The Labute approximate surface area is 141 Å². The molecule has 0 radical (unpaired) electrons. The first-order valence-electron chi connectivity index (χ1n) is 7.12. The Hall–Kier alpha value is -1.30. The molecule has 5 nitrogen and oxygen atoms in total. The molecular formula is C15H21Cl2N3O2. The molecule has 1 atom stereocenters. The van der Waals surface area contributed by atoms with Gasteiger partial charge >= 0.3 is 0 Å². The fourth-order valence-corrected chi connectivity index (χ4v) is 2.58. The van der Waals surface area contributed by atoms with Gasteiger partial charge < -0.3 is 16.0 Å². The first-order chi connectivity index (χ1) is 10.0. The number of nitrogens with one attached hydrogen (secondary N) is 3. The highest BCUT2D eigenvalue weighted by atomic mass is 35.5. The minimum absolute atomic E-state index is 0. The third-order valence-corrected chi connectivity index (χ3v) is 3.83. The van der Waals surface area contributed by atoms with Gasteiger partial charge in [0.25, 0.3) is 0 Å². The molecular weight excluding hydrogens is 325 g/mol. The summed E-state index contributed by atoms with van der Waals surface area (Å²) in [5.74, 6) is 0.365. The monoisotopic (exact) mass is 345 g/mol. The van der Waals surface area contributed by atoms with E-state index in [4.69, 9.17) is 11.6 Å². The van der Waals surface area contributed by atoms with Gasteiger partial charge in [-0.1, -0.05) is 11.6 Å². The molecule has 1 fully saturated rings. The summed E-state index contributed by atoms with van der Waals surface area (Å²) in [5, 5.41) is 9.22. The summed E-state index contributed by atoms with van der Waals surface area (Å²) in [6, 6.07) is 5.02. The van der Waals surface area contributed by atoms with Gasteiger partial charge in [0.2, 0.25) is 11.8 Å². The van der Waals surface area contributed by atoms with E-state index >= 15 is 0 Å². The summed E-state index contributed by atoms with van der Waals surface area (Å²) in [7, 11) is 0. The van der Waals surface area contributed by atoms with Gasteiger partial charge in [0.1, 0.15) is 0 Å². The molecule has 2 rings (SSSR count). The van der Waals surface area contributed by atoms with Crippen LogP contribution in [0.3, 0.4) is 0 Å². The molecule has 0 aliphatic carbocycles. The lowest BCUT2D eigenvalue weighted by molar-refractivity contribution is -0.116. The number of benzene rings is 1. The van der Waals surface area contributed by atoms with E-state index < -0.39 is 0 Å². The lowest BCUT2D eigenvalue weighted by Gasteiger charge is -2.11. The maximum absolute atomic E-state index is 12.0. The van der Waals surface area contributed by atoms with Gasteiger partial charge in [0.15, 0.2) is 0 Å². The number of anilines is 2. The molecule has 0 bridgehead atoms. The van der Waals surface area contributed by atoms with E-state index in [1.54, 1.807) is 18.2 Å². The maximum Gasteiger partial charge on any atom is 0.224 e. The standard InChI is InChI=1S/C15H20ClN3O2.ClH/c1-10(20)18-12-3-4-13(16)14(8-12)19-15(21)5-2-11-6-7-17-9-11;/h3-4,8,11,17H,2,5-7,9H2,1H3,(H,18,20)(H,19,21);1H. The molecule has 1 aliphatic heterocycles. The molecule has 1 aliphatic rings. The van der Waals surface area contributed by atoms with Crippen LogP contribution in [0.15, 0.2) is 18.2 Å². The van der Waals surface area contributed by atoms with Crippen LogP contribution in [-0.4, -0.2) is 24.9 Å². The van der Waals surface area contributed by atoms with Crippen LogP contribution < -0.4 is 16.0 Å². The number of carbonyl (C=O) groups is 2. The lowest BCUT2D eigenvalue weighted by Crippen LogP contribution is -2.15. The van der Waals surface area contributed by atoms with Crippen molar-refractivity contribution in [2.45, 2.75) is 26.2 Å². The minimum Gasteiger partial charge on any atom is -0.326 e. The minimum atomic E-state index is -0.164. The average Bonchev–Trinajstić information content (AvgIpc) is 2.93. The molecule has 1 aromatic carbocycles. The van der Waals surface area contributed by atoms with Gasteiger partial charge in [-0.3, -0.25) is 9.59 Å². The van der Waals surface area contributed by atoms with E-state index in [9.17, 15) is 9.59 Å². The molecule has 2 amide bonds. The summed E-state index contributed by atoms with van der Waals surface area (Å²) in [4.78, 5) is 23.0. The SMILES string of the molecule is CC(=O)Nc1ccc(Cl)c(NC(=O)CCC2CCNC2)c1.Cl. The number of rotatable bonds is 5. The highest BCUT2D eigenvalue weighted by Gasteiger charge is 2.16. The van der Waals surface area contributed by atoms with Crippen LogP contribution in [0.2, 0.25) is 5.02 Å². The quantitative estimate of drug-likeness (QED) is 0.767.